The highest BCUT2D eigenvalue weighted by Gasteiger charge is 2.22. The number of hydrogen-bond acceptors (Lipinski definition) is 6. The van der Waals surface area contributed by atoms with E-state index < -0.39 is 5.60 Å². The molecule has 1 aliphatic rings. The number of hydrogen-bond donors (Lipinski definition) is 1. The molecule has 2 heterocycles. The summed E-state index contributed by atoms with van der Waals surface area (Å²) in [4.78, 5) is 15.5. The lowest BCUT2D eigenvalue weighted by molar-refractivity contribution is 0.154. The van der Waals surface area contributed by atoms with Crippen molar-refractivity contribution < 1.29 is 19.0 Å². The van der Waals surface area contributed by atoms with Gasteiger partial charge in [0.25, 0.3) is 0 Å². The van der Waals surface area contributed by atoms with Gasteiger partial charge >= 0.3 is 0 Å². The van der Waals surface area contributed by atoms with E-state index in [0.717, 1.165) is 19.6 Å². The van der Waals surface area contributed by atoms with Gasteiger partial charge in [-0.05, 0) is 70.1 Å². The number of benzene rings is 2. The summed E-state index contributed by atoms with van der Waals surface area (Å²) in [6.45, 7) is 11.1. The molecule has 0 atom stereocenters. The summed E-state index contributed by atoms with van der Waals surface area (Å²) in [5.41, 5.74) is -0.381. The molecule has 0 aliphatic carbocycles. The summed E-state index contributed by atoms with van der Waals surface area (Å²) >= 11 is 0. The van der Waals surface area contributed by atoms with Crippen molar-refractivity contribution in [3.8, 4) is 17.2 Å². The highest BCUT2D eigenvalue weighted by Crippen LogP contribution is 2.39. The fourth-order valence-corrected chi connectivity index (χ4v) is 4.01. The number of fused-ring (bicyclic) bond motifs is 2. The Kier molecular flexibility index (Phi) is 6.75. The number of phenolic OH excluding ortho intramolecular Hbond substituents is 1. The summed E-state index contributed by atoms with van der Waals surface area (Å²) in [6, 6.07) is 8.10. The quantitative estimate of drug-likeness (QED) is 0.366. The van der Waals surface area contributed by atoms with Crippen molar-refractivity contribution in [3.05, 3.63) is 65.4 Å². The molecule has 2 aromatic carbocycles. The lowest BCUT2D eigenvalue weighted by Gasteiger charge is -2.25. The molecule has 1 aliphatic heterocycles. The van der Waals surface area contributed by atoms with E-state index in [1.165, 1.54) is 25.3 Å². The maximum Gasteiger partial charge on any atom is 0.205 e. The molecule has 174 valence electrons. The zero-order valence-corrected chi connectivity index (χ0v) is 19.3. The van der Waals surface area contributed by atoms with E-state index in [1.54, 1.807) is 30.3 Å². The van der Waals surface area contributed by atoms with Crippen LogP contribution in [0.5, 0.6) is 17.2 Å². The van der Waals surface area contributed by atoms with Crippen LogP contribution in [0, 0.1) is 0 Å². The summed E-state index contributed by atoms with van der Waals surface area (Å²) in [6.07, 6.45) is 9.60. The van der Waals surface area contributed by atoms with Crippen molar-refractivity contribution in [3.63, 3.8) is 0 Å². The van der Waals surface area contributed by atoms with E-state index in [-0.39, 0.29) is 22.1 Å². The Hall–Kier alpha value is -3.25. The largest absolute Gasteiger partial charge is 0.507 e. The molecule has 1 saturated heterocycles. The number of ether oxygens (including phenoxy) is 2. The molecule has 4 rings (SSSR count). The van der Waals surface area contributed by atoms with Crippen LogP contribution in [0.25, 0.3) is 21.9 Å². The van der Waals surface area contributed by atoms with Gasteiger partial charge in [0.2, 0.25) is 11.2 Å². The van der Waals surface area contributed by atoms with Crippen molar-refractivity contribution in [2.45, 2.75) is 38.7 Å². The number of nitrogens with zero attached hydrogens (tertiary/aromatic N) is 1. The van der Waals surface area contributed by atoms with Gasteiger partial charge < -0.3 is 19.0 Å². The fraction of sp³-hybridized carbons (Fsp3) is 0.370. The molecule has 0 radical (unpaired) electrons. The molecule has 0 saturated carbocycles. The minimum atomic E-state index is -0.648. The summed E-state index contributed by atoms with van der Waals surface area (Å²) in [5.74, 6) is 0.700. The Morgan fingerprint density at radius 3 is 2.70 bits per heavy atom. The third kappa shape index (κ3) is 5.06. The van der Waals surface area contributed by atoms with Gasteiger partial charge in [0.05, 0.1) is 5.39 Å². The molecule has 0 amide bonds. The monoisotopic (exact) mass is 449 g/mol. The van der Waals surface area contributed by atoms with Crippen LogP contribution in [0.4, 0.5) is 0 Å². The molecular formula is C27H31NO5. The Bertz CT molecular complexity index is 1230. The topological polar surface area (TPSA) is 72.1 Å². The minimum absolute atomic E-state index is 0.112. The van der Waals surface area contributed by atoms with Crippen LogP contribution in [0.3, 0.4) is 0 Å². The number of phenols is 1. The second-order valence-electron chi connectivity index (χ2n) is 8.90. The maximum atomic E-state index is 13.1. The molecule has 0 unspecified atom stereocenters. The first-order valence-corrected chi connectivity index (χ1v) is 11.4. The average molecular weight is 450 g/mol. The van der Waals surface area contributed by atoms with E-state index >= 15 is 0 Å². The Balaban J connectivity index is 1.69. The summed E-state index contributed by atoms with van der Waals surface area (Å²) < 4.78 is 18.3. The number of aromatic hydroxyl groups is 1. The smallest absolute Gasteiger partial charge is 0.205 e. The zero-order chi connectivity index (χ0) is 23.4. The standard InChI is InChI=1S/C27H31NO5/c1-4-27(2,3)33-22-14-13-19-24(30)23-20(29)11-10-12-21(23)32-25(19)26(22)31-18-9-8-17-28-15-6-5-7-16-28/h4,8-14,29H,1,5-7,15-18H2,2-3H3/b9-8+. The van der Waals surface area contributed by atoms with Gasteiger partial charge in [-0.2, -0.15) is 0 Å². The lowest BCUT2D eigenvalue weighted by atomic mass is 10.1. The van der Waals surface area contributed by atoms with Gasteiger partial charge in [0.1, 0.15) is 28.9 Å². The van der Waals surface area contributed by atoms with Crippen LogP contribution >= 0.6 is 0 Å². The number of piperidine rings is 1. The van der Waals surface area contributed by atoms with E-state index in [2.05, 4.69) is 17.6 Å². The van der Waals surface area contributed by atoms with Crippen LogP contribution in [-0.2, 0) is 0 Å². The lowest BCUT2D eigenvalue weighted by Crippen LogP contribution is -2.29. The molecule has 6 nitrogen and oxygen atoms in total. The number of rotatable bonds is 8. The third-order valence-electron chi connectivity index (χ3n) is 5.93. The van der Waals surface area contributed by atoms with Crippen LogP contribution < -0.4 is 14.9 Å². The van der Waals surface area contributed by atoms with Gasteiger partial charge in [-0.3, -0.25) is 9.69 Å². The van der Waals surface area contributed by atoms with E-state index in [0.29, 0.717) is 29.1 Å². The average Bonchev–Trinajstić information content (AvgIpc) is 2.80. The van der Waals surface area contributed by atoms with Crippen LogP contribution in [0.1, 0.15) is 33.1 Å². The van der Waals surface area contributed by atoms with Crippen molar-refractivity contribution in [2.24, 2.45) is 0 Å². The Labute approximate surface area is 193 Å². The molecule has 33 heavy (non-hydrogen) atoms. The molecule has 1 fully saturated rings. The second kappa shape index (κ2) is 9.71. The highest BCUT2D eigenvalue weighted by molar-refractivity contribution is 5.96. The normalized spacial score (nSPS) is 15.3. The molecule has 1 aromatic heterocycles. The van der Waals surface area contributed by atoms with Crippen LogP contribution in [0.2, 0.25) is 0 Å². The molecular weight excluding hydrogens is 418 g/mol. The zero-order valence-electron chi connectivity index (χ0n) is 19.3. The number of likely N-dealkylation sites (tertiary alicyclic amines) is 1. The van der Waals surface area contributed by atoms with Crippen LogP contribution in [-0.4, -0.2) is 41.8 Å². The van der Waals surface area contributed by atoms with Gasteiger partial charge in [-0.25, -0.2) is 0 Å². The Morgan fingerprint density at radius 1 is 1.15 bits per heavy atom. The van der Waals surface area contributed by atoms with E-state index in [4.69, 9.17) is 13.9 Å². The SMILES string of the molecule is C=CC(C)(C)Oc1ccc2c(=O)c3c(O)cccc3oc2c1OC/C=C/CN1CCCCC1. The molecule has 0 spiro atoms. The third-order valence-corrected chi connectivity index (χ3v) is 5.93. The molecule has 6 heteroatoms. The molecule has 3 aromatic rings. The first-order valence-electron chi connectivity index (χ1n) is 11.4. The van der Waals surface area contributed by atoms with E-state index in [9.17, 15) is 9.90 Å². The van der Waals surface area contributed by atoms with Gasteiger partial charge in [-0.1, -0.05) is 31.2 Å². The Morgan fingerprint density at radius 2 is 1.94 bits per heavy atom. The fourth-order valence-electron chi connectivity index (χ4n) is 4.01. The van der Waals surface area contributed by atoms with Crippen molar-refractivity contribution >= 4 is 21.9 Å². The van der Waals surface area contributed by atoms with Gasteiger partial charge in [0, 0.05) is 6.54 Å². The van der Waals surface area contributed by atoms with Crippen molar-refractivity contribution in [1.82, 2.24) is 4.90 Å². The minimum Gasteiger partial charge on any atom is -0.507 e. The van der Waals surface area contributed by atoms with Crippen molar-refractivity contribution in [2.75, 3.05) is 26.2 Å². The van der Waals surface area contributed by atoms with Gasteiger partial charge in [0.15, 0.2) is 11.3 Å². The van der Waals surface area contributed by atoms with E-state index in [1.807, 2.05) is 19.9 Å². The molecule has 0 bridgehead atoms. The first-order chi connectivity index (χ1) is 15.9. The maximum absolute atomic E-state index is 13.1. The molecule has 1 N–H and O–H groups in total. The highest BCUT2D eigenvalue weighted by atomic mass is 16.5. The first kappa shape index (κ1) is 22.9. The predicted molar refractivity (Wildman–Crippen MR) is 131 cm³/mol. The van der Waals surface area contributed by atoms with Crippen molar-refractivity contribution in [1.29, 1.82) is 0 Å². The summed E-state index contributed by atoms with van der Waals surface area (Å²) in [5, 5.41) is 10.7. The predicted octanol–water partition coefficient (Wildman–Crippen LogP) is 5.42. The second-order valence-corrected chi connectivity index (χ2v) is 8.90. The van der Waals surface area contributed by atoms with Crippen LogP contribution in [0.15, 0.2) is 64.4 Å². The summed E-state index contributed by atoms with van der Waals surface area (Å²) in [7, 11) is 0. The van der Waals surface area contributed by atoms with Gasteiger partial charge in [-0.15, -0.1) is 0 Å².